The maximum atomic E-state index is 11.5. The van der Waals surface area contributed by atoms with Crippen molar-refractivity contribution in [2.24, 2.45) is 0 Å². The van der Waals surface area contributed by atoms with Crippen LogP contribution in [0.3, 0.4) is 0 Å². The van der Waals surface area contributed by atoms with Crippen molar-refractivity contribution in [1.82, 2.24) is 0 Å². The summed E-state index contributed by atoms with van der Waals surface area (Å²) >= 11 is 3.13. The average Bonchev–Trinajstić information content (AvgIpc) is 2.36. The van der Waals surface area contributed by atoms with E-state index < -0.39 is 11.9 Å². The zero-order valence-electron chi connectivity index (χ0n) is 9.11. The average molecular weight is 298 g/mol. The summed E-state index contributed by atoms with van der Waals surface area (Å²) < 4.78 is 9.50. The Labute approximate surface area is 106 Å². The summed E-state index contributed by atoms with van der Waals surface area (Å²) in [5.74, 6) is -1.37. The second-order valence-corrected chi connectivity index (χ2v) is 3.83. The van der Waals surface area contributed by atoms with Gasteiger partial charge in [0.2, 0.25) is 0 Å². The third kappa shape index (κ3) is 2.63. The molecule has 0 aliphatic rings. The number of methoxy groups -OCH3 is 2. The Morgan fingerprint density at radius 1 is 1.18 bits per heavy atom. The standard InChI is InChI=1S/C11H8BrNO4/c1-16-10(14)7-3-6(5-13)9(12)4-8(7)11(15)17-2/h3-4H,1-2H3. The summed E-state index contributed by atoms with van der Waals surface area (Å²) in [5.41, 5.74) is 0.280. The van der Waals surface area contributed by atoms with Crippen molar-refractivity contribution in [3.63, 3.8) is 0 Å². The molecular weight excluding hydrogens is 290 g/mol. The van der Waals surface area contributed by atoms with E-state index in [0.717, 1.165) is 0 Å². The molecule has 0 aliphatic carbocycles. The number of carbonyl (C=O) groups is 2. The lowest BCUT2D eigenvalue weighted by molar-refractivity contribution is 0.0555. The van der Waals surface area contributed by atoms with Crippen molar-refractivity contribution < 1.29 is 19.1 Å². The number of hydrogen-bond donors (Lipinski definition) is 0. The Hall–Kier alpha value is -1.87. The fraction of sp³-hybridized carbons (Fsp3) is 0.182. The first-order valence-corrected chi connectivity index (χ1v) is 5.24. The van der Waals surface area contributed by atoms with E-state index in [4.69, 9.17) is 5.26 Å². The van der Waals surface area contributed by atoms with Crippen molar-refractivity contribution in [2.75, 3.05) is 14.2 Å². The topological polar surface area (TPSA) is 76.4 Å². The van der Waals surface area contributed by atoms with Crippen LogP contribution >= 0.6 is 15.9 Å². The molecule has 17 heavy (non-hydrogen) atoms. The van der Waals surface area contributed by atoms with E-state index in [-0.39, 0.29) is 16.7 Å². The molecule has 1 rings (SSSR count). The van der Waals surface area contributed by atoms with Crippen LogP contribution < -0.4 is 0 Å². The molecule has 0 bridgehead atoms. The molecule has 0 N–H and O–H groups in total. The molecule has 0 aromatic heterocycles. The minimum atomic E-state index is -0.700. The van der Waals surface area contributed by atoms with Crippen LogP contribution in [0.4, 0.5) is 0 Å². The minimum Gasteiger partial charge on any atom is -0.465 e. The highest BCUT2D eigenvalue weighted by Gasteiger charge is 2.20. The van der Waals surface area contributed by atoms with Crippen molar-refractivity contribution in [1.29, 1.82) is 5.26 Å². The first-order valence-electron chi connectivity index (χ1n) is 4.45. The minimum absolute atomic E-state index is 0.000833. The second kappa shape index (κ2) is 5.46. The van der Waals surface area contributed by atoms with Gasteiger partial charge in [-0.2, -0.15) is 5.26 Å². The van der Waals surface area contributed by atoms with E-state index in [1.807, 2.05) is 6.07 Å². The summed E-state index contributed by atoms with van der Waals surface area (Å²) in [5, 5.41) is 8.84. The number of benzene rings is 1. The fourth-order valence-corrected chi connectivity index (χ4v) is 1.65. The first-order chi connectivity index (χ1) is 8.04. The summed E-state index contributed by atoms with van der Waals surface area (Å²) in [6, 6.07) is 4.53. The predicted molar refractivity (Wildman–Crippen MR) is 61.5 cm³/mol. The summed E-state index contributed by atoms with van der Waals surface area (Å²) in [6.07, 6.45) is 0. The lowest BCUT2D eigenvalue weighted by atomic mass is 10.0. The monoisotopic (exact) mass is 297 g/mol. The maximum absolute atomic E-state index is 11.5. The molecular formula is C11H8BrNO4. The van der Waals surface area contributed by atoms with Crippen molar-refractivity contribution in [3.05, 3.63) is 33.3 Å². The van der Waals surface area contributed by atoms with Gasteiger partial charge < -0.3 is 9.47 Å². The molecule has 88 valence electrons. The van der Waals surface area contributed by atoms with Crippen LogP contribution in [0.25, 0.3) is 0 Å². The van der Waals surface area contributed by atoms with E-state index in [0.29, 0.717) is 4.47 Å². The number of carbonyl (C=O) groups excluding carboxylic acids is 2. The van der Waals surface area contributed by atoms with Crippen LogP contribution in [0.5, 0.6) is 0 Å². The molecule has 6 heteroatoms. The zero-order valence-corrected chi connectivity index (χ0v) is 10.7. The van der Waals surface area contributed by atoms with Crippen LogP contribution in [0, 0.1) is 11.3 Å². The van der Waals surface area contributed by atoms with Crippen molar-refractivity contribution in [2.45, 2.75) is 0 Å². The van der Waals surface area contributed by atoms with E-state index in [1.165, 1.54) is 26.4 Å². The van der Waals surface area contributed by atoms with Gasteiger partial charge in [-0.05, 0) is 28.1 Å². The maximum Gasteiger partial charge on any atom is 0.338 e. The van der Waals surface area contributed by atoms with E-state index >= 15 is 0 Å². The molecule has 0 unspecified atom stereocenters. The van der Waals surface area contributed by atoms with Gasteiger partial charge in [0.25, 0.3) is 0 Å². The van der Waals surface area contributed by atoms with Crippen LogP contribution in [0.1, 0.15) is 26.3 Å². The van der Waals surface area contributed by atoms with Crippen LogP contribution in [0.15, 0.2) is 16.6 Å². The molecule has 5 nitrogen and oxygen atoms in total. The number of hydrogen-bond acceptors (Lipinski definition) is 5. The Kier molecular flexibility index (Phi) is 4.24. The third-order valence-corrected chi connectivity index (χ3v) is 2.69. The molecule has 1 aromatic carbocycles. The Morgan fingerprint density at radius 2 is 1.65 bits per heavy atom. The van der Waals surface area contributed by atoms with Crippen LogP contribution in [-0.4, -0.2) is 26.2 Å². The van der Waals surface area contributed by atoms with Gasteiger partial charge in [0, 0.05) is 4.47 Å². The highest BCUT2D eigenvalue weighted by molar-refractivity contribution is 9.10. The van der Waals surface area contributed by atoms with Gasteiger partial charge in [0.15, 0.2) is 0 Å². The third-order valence-electron chi connectivity index (χ3n) is 2.04. The normalized spacial score (nSPS) is 9.29. The van der Waals surface area contributed by atoms with Crippen molar-refractivity contribution in [3.8, 4) is 6.07 Å². The quantitative estimate of drug-likeness (QED) is 0.779. The van der Waals surface area contributed by atoms with Gasteiger partial charge >= 0.3 is 11.9 Å². The number of nitriles is 1. The molecule has 0 saturated heterocycles. The number of halogens is 1. The number of ether oxygens (including phenoxy) is 2. The lowest BCUT2D eigenvalue weighted by Crippen LogP contribution is -2.12. The Morgan fingerprint density at radius 3 is 2.06 bits per heavy atom. The molecule has 0 saturated carbocycles. The molecule has 1 aromatic rings. The van der Waals surface area contributed by atoms with Crippen LogP contribution in [-0.2, 0) is 9.47 Å². The summed E-state index contributed by atoms with van der Waals surface area (Å²) in [4.78, 5) is 23.0. The smallest absolute Gasteiger partial charge is 0.338 e. The van der Waals surface area contributed by atoms with Gasteiger partial charge in [-0.3, -0.25) is 0 Å². The number of esters is 2. The molecule has 0 radical (unpaired) electrons. The van der Waals surface area contributed by atoms with Gasteiger partial charge in [0.05, 0.1) is 30.9 Å². The largest absolute Gasteiger partial charge is 0.465 e. The lowest BCUT2D eigenvalue weighted by Gasteiger charge is -2.07. The summed E-state index contributed by atoms with van der Waals surface area (Å²) in [7, 11) is 2.40. The summed E-state index contributed by atoms with van der Waals surface area (Å²) in [6.45, 7) is 0. The van der Waals surface area contributed by atoms with Crippen LogP contribution in [0.2, 0.25) is 0 Å². The fourth-order valence-electron chi connectivity index (χ4n) is 1.22. The van der Waals surface area contributed by atoms with Gasteiger partial charge in [0.1, 0.15) is 6.07 Å². The van der Waals surface area contributed by atoms with E-state index in [1.54, 1.807) is 0 Å². The Balaban J connectivity index is 3.48. The second-order valence-electron chi connectivity index (χ2n) is 2.97. The molecule has 0 atom stereocenters. The highest BCUT2D eigenvalue weighted by Crippen LogP contribution is 2.23. The van der Waals surface area contributed by atoms with E-state index in [9.17, 15) is 9.59 Å². The predicted octanol–water partition coefficient (Wildman–Crippen LogP) is 1.89. The highest BCUT2D eigenvalue weighted by atomic mass is 79.9. The van der Waals surface area contributed by atoms with E-state index in [2.05, 4.69) is 25.4 Å². The Bertz CT molecular complexity index is 519. The zero-order chi connectivity index (χ0) is 13.0. The number of rotatable bonds is 2. The molecule has 0 fully saturated rings. The van der Waals surface area contributed by atoms with Gasteiger partial charge in [-0.25, -0.2) is 9.59 Å². The van der Waals surface area contributed by atoms with Crippen molar-refractivity contribution >= 4 is 27.9 Å². The SMILES string of the molecule is COC(=O)c1cc(Br)c(C#N)cc1C(=O)OC. The molecule has 0 spiro atoms. The molecule has 0 heterocycles. The first kappa shape index (κ1) is 13.2. The van der Waals surface area contributed by atoms with Gasteiger partial charge in [-0.15, -0.1) is 0 Å². The number of nitrogens with zero attached hydrogens (tertiary/aromatic N) is 1. The molecule has 0 aliphatic heterocycles. The van der Waals surface area contributed by atoms with Gasteiger partial charge in [-0.1, -0.05) is 0 Å². The molecule has 0 amide bonds.